The Labute approximate surface area is 105 Å². The number of hydrogen-bond acceptors (Lipinski definition) is 2. The molecule has 17 heavy (non-hydrogen) atoms. The fraction of sp³-hybridized carbons (Fsp3) is 0.533. The topological polar surface area (TPSA) is 24.9 Å². The summed E-state index contributed by atoms with van der Waals surface area (Å²) in [5.41, 5.74) is 3.68. The van der Waals surface area contributed by atoms with E-state index in [1.54, 1.807) is 0 Å². The second-order valence-electron chi connectivity index (χ2n) is 4.57. The van der Waals surface area contributed by atoms with Crippen molar-refractivity contribution in [1.82, 2.24) is 10.3 Å². The molecule has 0 fully saturated rings. The summed E-state index contributed by atoms with van der Waals surface area (Å²) >= 11 is 0. The molecule has 0 saturated carbocycles. The van der Waals surface area contributed by atoms with Gasteiger partial charge in [-0.15, -0.1) is 0 Å². The van der Waals surface area contributed by atoms with Gasteiger partial charge in [-0.1, -0.05) is 26.0 Å². The smallest absolute Gasteiger partial charge is 0.0579 e. The van der Waals surface area contributed by atoms with Crippen LogP contribution in [0.2, 0.25) is 0 Å². The van der Waals surface area contributed by atoms with E-state index in [1.165, 1.54) is 11.1 Å². The van der Waals surface area contributed by atoms with Crippen molar-refractivity contribution in [3.8, 4) is 0 Å². The largest absolute Gasteiger partial charge is 0.308 e. The van der Waals surface area contributed by atoms with Gasteiger partial charge >= 0.3 is 0 Å². The van der Waals surface area contributed by atoms with Crippen molar-refractivity contribution in [2.75, 3.05) is 6.54 Å². The lowest BCUT2D eigenvalue weighted by Crippen LogP contribution is -2.23. The van der Waals surface area contributed by atoms with Gasteiger partial charge in [0.2, 0.25) is 0 Å². The van der Waals surface area contributed by atoms with E-state index in [-0.39, 0.29) is 0 Å². The van der Waals surface area contributed by atoms with E-state index in [0.717, 1.165) is 31.5 Å². The molecule has 2 heteroatoms. The highest BCUT2D eigenvalue weighted by molar-refractivity contribution is 5.19. The first kappa shape index (κ1) is 13.9. The van der Waals surface area contributed by atoms with E-state index in [0.29, 0.717) is 6.04 Å². The number of hydrogen-bond donors (Lipinski definition) is 1. The van der Waals surface area contributed by atoms with Crippen LogP contribution in [-0.2, 0) is 0 Å². The van der Waals surface area contributed by atoms with Gasteiger partial charge in [0.15, 0.2) is 0 Å². The van der Waals surface area contributed by atoms with Gasteiger partial charge in [0.25, 0.3) is 0 Å². The van der Waals surface area contributed by atoms with Gasteiger partial charge in [-0.05, 0) is 50.4 Å². The van der Waals surface area contributed by atoms with Crippen LogP contribution < -0.4 is 5.32 Å². The number of aromatic nitrogens is 1. The average molecular weight is 232 g/mol. The molecule has 0 spiro atoms. The van der Waals surface area contributed by atoms with E-state index in [9.17, 15) is 0 Å². The second-order valence-corrected chi connectivity index (χ2v) is 4.57. The molecule has 0 aliphatic rings. The van der Waals surface area contributed by atoms with Gasteiger partial charge in [0, 0.05) is 6.20 Å². The average Bonchev–Trinajstić information content (AvgIpc) is 2.34. The Kier molecular flexibility index (Phi) is 5.92. The van der Waals surface area contributed by atoms with Crippen LogP contribution in [0.5, 0.6) is 0 Å². The first-order valence-electron chi connectivity index (χ1n) is 6.50. The van der Waals surface area contributed by atoms with E-state index >= 15 is 0 Å². The van der Waals surface area contributed by atoms with Crippen molar-refractivity contribution in [1.29, 1.82) is 0 Å². The molecule has 1 aromatic rings. The van der Waals surface area contributed by atoms with Crippen LogP contribution in [0.1, 0.15) is 50.4 Å². The summed E-state index contributed by atoms with van der Waals surface area (Å²) in [4.78, 5) is 4.48. The Hall–Kier alpha value is -1.15. The third kappa shape index (κ3) is 4.70. The molecule has 0 radical (unpaired) electrons. The van der Waals surface area contributed by atoms with Crippen LogP contribution in [0.3, 0.4) is 0 Å². The Morgan fingerprint density at radius 3 is 2.82 bits per heavy atom. The molecule has 94 valence electrons. The van der Waals surface area contributed by atoms with Crippen molar-refractivity contribution in [3.05, 3.63) is 41.7 Å². The fourth-order valence-electron chi connectivity index (χ4n) is 1.78. The predicted octanol–water partition coefficient (Wildman–Crippen LogP) is 3.79. The van der Waals surface area contributed by atoms with E-state index in [2.05, 4.69) is 43.7 Å². The molecule has 1 unspecified atom stereocenters. The van der Waals surface area contributed by atoms with Gasteiger partial charge < -0.3 is 5.32 Å². The molecule has 0 aromatic carbocycles. The Morgan fingerprint density at radius 2 is 2.24 bits per heavy atom. The SMILES string of the molecule is C=C(CC)CC(NCCC)c1cc(C)ccn1. The number of pyridine rings is 1. The zero-order valence-corrected chi connectivity index (χ0v) is 11.3. The van der Waals surface area contributed by atoms with Gasteiger partial charge in [-0.2, -0.15) is 0 Å². The highest BCUT2D eigenvalue weighted by Crippen LogP contribution is 2.20. The van der Waals surface area contributed by atoms with Crippen LogP contribution in [0, 0.1) is 6.92 Å². The zero-order chi connectivity index (χ0) is 12.7. The summed E-state index contributed by atoms with van der Waals surface area (Å²) < 4.78 is 0. The van der Waals surface area contributed by atoms with Crippen LogP contribution in [0.15, 0.2) is 30.5 Å². The molecule has 2 nitrogen and oxygen atoms in total. The number of aryl methyl sites for hydroxylation is 1. The maximum Gasteiger partial charge on any atom is 0.0579 e. The molecular formula is C15H24N2. The molecule has 1 atom stereocenters. The molecule has 0 bridgehead atoms. The number of nitrogens with one attached hydrogen (secondary N) is 1. The molecule has 1 N–H and O–H groups in total. The van der Waals surface area contributed by atoms with Gasteiger partial charge in [0.1, 0.15) is 0 Å². The van der Waals surface area contributed by atoms with Gasteiger partial charge in [-0.3, -0.25) is 4.98 Å². The maximum atomic E-state index is 4.48. The summed E-state index contributed by atoms with van der Waals surface area (Å²) in [6.07, 6.45) is 5.05. The summed E-state index contributed by atoms with van der Waals surface area (Å²) in [5, 5.41) is 3.55. The van der Waals surface area contributed by atoms with Crippen molar-refractivity contribution < 1.29 is 0 Å². The normalized spacial score (nSPS) is 12.4. The maximum absolute atomic E-state index is 4.48. The highest BCUT2D eigenvalue weighted by Gasteiger charge is 2.12. The van der Waals surface area contributed by atoms with Crippen LogP contribution in [-0.4, -0.2) is 11.5 Å². The monoisotopic (exact) mass is 232 g/mol. The fourth-order valence-corrected chi connectivity index (χ4v) is 1.78. The molecule has 0 aliphatic carbocycles. The Balaban J connectivity index is 2.77. The van der Waals surface area contributed by atoms with Crippen molar-refractivity contribution in [2.24, 2.45) is 0 Å². The van der Waals surface area contributed by atoms with Crippen molar-refractivity contribution in [3.63, 3.8) is 0 Å². The minimum Gasteiger partial charge on any atom is -0.308 e. The minimum atomic E-state index is 0.308. The summed E-state index contributed by atoms with van der Waals surface area (Å²) in [6.45, 7) is 11.6. The zero-order valence-electron chi connectivity index (χ0n) is 11.3. The Morgan fingerprint density at radius 1 is 1.47 bits per heavy atom. The molecule has 1 rings (SSSR count). The third-order valence-corrected chi connectivity index (χ3v) is 2.93. The van der Waals surface area contributed by atoms with Gasteiger partial charge in [-0.25, -0.2) is 0 Å². The van der Waals surface area contributed by atoms with E-state index < -0.39 is 0 Å². The van der Waals surface area contributed by atoms with E-state index in [4.69, 9.17) is 0 Å². The quantitative estimate of drug-likeness (QED) is 0.724. The van der Waals surface area contributed by atoms with Crippen LogP contribution in [0.4, 0.5) is 0 Å². The summed E-state index contributed by atoms with van der Waals surface area (Å²) in [6, 6.07) is 4.51. The molecule has 1 heterocycles. The summed E-state index contributed by atoms with van der Waals surface area (Å²) in [5.74, 6) is 0. The van der Waals surface area contributed by atoms with E-state index in [1.807, 2.05) is 12.3 Å². The highest BCUT2D eigenvalue weighted by atomic mass is 14.9. The second kappa shape index (κ2) is 7.23. The minimum absolute atomic E-state index is 0.308. The molecule has 0 amide bonds. The predicted molar refractivity (Wildman–Crippen MR) is 74.1 cm³/mol. The summed E-state index contributed by atoms with van der Waals surface area (Å²) in [7, 11) is 0. The first-order chi connectivity index (χ1) is 8.17. The van der Waals surface area contributed by atoms with Gasteiger partial charge in [0.05, 0.1) is 11.7 Å². The number of nitrogens with zero attached hydrogens (tertiary/aromatic N) is 1. The lowest BCUT2D eigenvalue weighted by atomic mass is 10.0. The van der Waals surface area contributed by atoms with Crippen molar-refractivity contribution in [2.45, 2.75) is 46.1 Å². The third-order valence-electron chi connectivity index (χ3n) is 2.93. The van der Waals surface area contributed by atoms with Crippen LogP contribution >= 0.6 is 0 Å². The lowest BCUT2D eigenvalue weighted by molar-refractivity contribution is 0.512. The van der Waals surface area contributed by atoms with Crippen LogP contribution in [0.25, 0.3) is 0 Å². The first-order valence-corrected chi connectivity index (χ1v) is 6.50. The standard InChI is InChI=1S/C15H24N2/c1-5-8-16-14(10-12(3)6-2)15-11-13(4)7-9-17-15/h7,9,11,14,16H,3,5-6,8,10H2,1-2,4H3. The van der Waals surface area contributed by atoms with Crippen molar-refractivity contribution >= 4 is 0 Å². The molecule has 1 aromatic heterocycles. The molecule has 0 aliphatic heterocycles. The Bertz CT molecular complexity index is 358. The molecular weight excluding hydrogens is 208 g/mol. The molecule has 0 saturated heterocycles. The lowest BCUT2D eigenvalue weighted by Gasteiger charge is -2.19. The number of rotatable bonds is 7.